The molecular weight excluding hydrogens is 356 g/mol. The fourth-order valence-corrected chi connectivity index (χ4v) is 1.21. The average molecular weight is 393 g/mol. The molecule has 0 spiro atoms. The second-order valence-corrected chi connectivity index (χ2v) is 5.49. The second-order valence-electron chi connectivity index (χ2n) is 5.49. The molecule has 0 radical (unpaired) electrons. The van der Waals surface area contributed by atoms with Crippen molar-refractivity contribution in [3.05, 3.63) is 47.6 Å². The van der Waals surface area contributed by atoms with Gasteiger partial charge < -0.3 is 15.8 Å². The van der Waals surface area contributed by atoms with Crippen molar-refractivity contribution in [3.8, 4) is 0 Å². The molecule has 3 N–H and O–H groups in total. The van der Waals surface area contributed by atoms with E-state index in [9.17, 15) is 4.79 Å². The van der Waals surface area contributed by atoms with Gasteiger partial charge in [-0.3, -0.25) is 0 Å². The Balaban J connectivity index is 0.000000713. The number of nitrogens with zero attached hydrogens (tertiary/aromatic N) is 4. The number of carbonyl (C=O) groups is 1. The van der Waals surface area contributed by atoms with E-state index in [0.29, 0.717) is 0 Å². The lowest BCUT2D eigenvalue weighted by Gasteiger charge is -2.19. The van der Waals surface area contributed by atoms with Crippen LogP contribution in [-0.4, -0.2) is 31.6 Å². The number of ether oxygens (including phenoxy) is 1. The van der Waals surface area contributed by atoms with Gasteiger partial charge in [-0.25, -0.2) is 24.7 Å². The van der Waals surface area contributed by atoms with Gasteiger partial charge in [-0.1, -0.05) is 0 Å². The van der Waals surface area contributed by atoms with Crippen LogP contribution in [0.15, 0.2) is 24.8 Å². The summed E-state index contributed by atoms with van der Waals surface area (Å²) in [6.07, 6.45) is 3.16. The van der Waals surface area contributed by atoms with E-state index in [1.165, 1.54) is 0 Å². The summed E-state index contributed by atoms with van der Waals surface area (Å²) < 4.78 is 77.2. The molecule has 0 aliphatic rings. The zero-order valence-electron chi connectivity index (χ0n) is 24.4. The molecule has 0 atom stereocenters. The summed E-state index contributed by atoms with van der Waals surface area (Å²) in [5.74, 6) is -0.591. The van der Waals surface area contributed by atoms with Crippen LogP contribution in [0.2, 0.25) is 0 Å². The Bertz CT molecular complexity index is 955. The highest BCUT2D eigenvalue weighted by atomic mass is 35.5. The highest BCUT2D eigenvalue weighted by Crippen LogP contribution is 2.06. The van der Waals surface area contributed by atoms with E-state index < -0.39 is 38.4 Å². The van der Waals surface area contributed by atoms with E-state index in [4.69, 9.17) is 24.2 Å². The first-order valence-electron chi connectivity index (χ1n) is 12.0. The first-order valence-corrected chi connectivity index (χ1v) is 6.98. The molecule has 2 heterocycles. The minimum atomic E-state index is -2.38. The molecule has 0 bridgehead atoms. The summed E-state index contributed by atoms with van der Waals surface area (Å²) in [7, 11) is 0. The first-order chi connectivity index (χ1) is 15.5. The molecule has 9 heteroatoms. The monoisotopic (exact) mass is 392 g/mol. The quantitative estimate of drug-likeness (QED) is 0.823. The van der Waals surface area contributed by atoms with Crippen molar-refractivity contribution in [3.63, 3.8) is 0 Å². The van der Waals surface area contributed by atoms with Gasteiger partial charge in [0.2, 0.25) is 0 Å². The van der Waals surface area contributed by atoms with Crippen molar-refractivity contribution >= 4 is 18.5 Å². The van der Waals surface area contributed by atoms with Gasteiger partial charge in [0, 0.05) is 33.0 Å². The molecular formula is C17H27ClN6O2. The van der Waals surface area contributed by atoms with E-state index >= 15 is 0 Å². The van der Waals surface area contributed by atoms with Crippen LogP contribution in [0.4, 0.5) is 4.79 Å². The average Bonchev–Trinajstić information content (AvgIpc) is 2.65. The molecule has 1 amide bonds. The number of amides is 1. The van der Waals surface area contributed by atoms with Crippen LogP contribution in [0, 0.1) is 13.7 Å². The third-order valence-corrected chi connectivity index (χ3v) is 2.11. The van der Waals surface area contributed by atoms with Gasteiger partial charge in [0.25, 0.3) is 0 Å². The second kappa shape index (κ2) is 11.3. The molecule has 0 aliphatic heterocycles. The molecule has 0 saturated carbocycles. The summed E-state index contributed by atoms with van der Waals surface area (Å²) in [6.45, 7) is -4.25. The number of carbonyl (C=O) groups excluding carboxylic acids is 1. The van der Waals surface area contributed by atoms with Crippen LogP contribution in [0.3, 0.4) is 0 Å². The summed E-state index contributed by atoms with van der Waals surface area (Å²) in [4.78, 5) is 25.9. The first kappa shape index (κ1) is 11.4. The molecule has 2 aromatic heterocycles. The van der Waals surface area contributed by atoms with E-state index in [-0.39, 0.29) is 35.2 Å². The predicted molar refractivity (Wildman–Crippen MR) is 102 cm³/mol. The lowest BCUT2D eigenvalue weighted by molar-refractivity contribution is 0.0522. The Hall–Kier alpha value is -2.32. The number of hydrogen-bond donors (Lipinski definition) is 2. The van der Waals surface area contributed by atoms with Gasteiger partial charge in [-0.15, -0.1) is 12.4 Å². The summed E-state index contributed by atoms with van der Waals surface area (Å²) in [5, 5.41) is 1.99. The Kier molecular flexibility index (Phi) is 4.97. The van der Waals surface area contributed by atoms with Gasteiger partial charge in [-0.05, 0) is 45.6 Å². The maximum atomic E-state index is 11.6. The molecule has 0 unspecified atom stereocenters. The molecule has 0 saturated heterocycles. The smallest absolute Gasteiger partial charge is 0.408 e. The van der Waals surface area contributed by atoms with E-state index in [0.717, 1.165) is 24.8 Å². The molecule has 2 rings (SSSR count). The zero-order chi connectivity index (χ0) is 27.5. The molecule has 0 aromatic carbocycles. The summed E-state index contributed by atoms with van der Waals surface area (Å²) in [5.41, 5.74) is 4.16. The van der Waals surface area contributed by atoms with Crippen LogP contribution >= 0.6 is 12.4 Å². The van der Waals surface area contributed by atoms with Crippen molar-refractivity contribution < 1.29 is 23.2 Å². The van der Waals surface area contributed by atoms with E-state index in [1.807, 2.05) is 5.32 Å². The standard InChI is InChI=1S/C11H17N3O2.C6H9N3.ClH/c1-8-5-12-9(13-6-8)7-14-10(15)16-11(2,3)4;1-5-3-8-6(2-7)9-4-5;/h5-6H,7H2,1-4H3,(H,14,15);3-4H,2,7H2,1H3;1H/i1D3,7D2;1D3,2D2;. The zero-order valence-corrected chi connectivity index (χ0v) is 15.2. The summed E-state index contributed by atoms with van der Waals surface area (Å²) in [6, 6.07) is 0. The lowest BCUT2D eigenvalue weighted by Crippen LogP contribution is -2.32. The van der Waals surface area contributed by atoms with Gasteiger partial charge in [0.1, 0.15) is 17.2 Å². The van der Waals surface area contributed by atoms with Gasteiger partial charge in [-0.2, -0.15) is 0 Å². The Morgan fingerprint density at radius 2 is 1.58 bits per heavy atom. The number of halogens is 1. The number of hydrogen-bond acceptors (Lipinski definition) is 7. The fraction of sp³-hybridized carbons (Fsp3) is 0.471. The highest BCUT2D eigenvalue weighted by Gasteiger charge is 2.15. The largest absolute Gasteiger partial charge is 0.444 e. The SMILES string of the molecule is Cl.[2H]C([2H])([2H])c1cnc(C([2H])([2H])N)nc1.[2H]C([2H])([2H])c1cnc(C([2H])([2H])NC(=O)OC(C)(C)C)nc1. The third-order valence-electron chi connectivity index (χ3n) is 2.11. The van der Waals surface area contributed by atoms with Crippen LogP contribution in [0.25, 0.3) is 0 Å². The third kappa shape index (κ3) is 10.5. The van der Waals surface area contributed by atoms with Gasteiger partial charge in [0.15, 0.2) is 0 Å². The minimum absolute atomic E-state index is 0. The topological polar surface area (TPSA) is 116 Å². The van der Waals surface area contributed by atoms with E-state index in [2.05, 4.69) is 19.9 Å². The Morgan fingerprint density at radius 1 is 1.12 bits per heavy atom. The van der Waals surface area contributed by atoms with Crippen LogP contribution in [-0.2, 0) is 17.7 Å². The molecule has 26 heavy (non-hydrogen) atoms. The van der Waals surface area contributed by atoms with Gasteiger partial charge in [0.05, 0.1) is 18.5 Å². The number of nitrogens with one attached hydrogen (secondary N) is 1. The van der Waals surface area contributed by atoms with Crippen LogP contribution in [0.5, 0.6) is 0 Å². The molecule has 0 fully saturated rings. The minimum Gasteiger partial charge on any atom is -0.444 e. The Labute approximate surface area is 174 Å². The number of nitrogens with two attached hydrogens (primary N) is 1. The van der Waals surface area contributed by atoms with Crippen LogP contribution in [0.1, 0.15) is 57.3 Å². The van der Waals surface area contributed by atoms with Crippen molar-refractivity contribution in [1.29, 1.82) is 0 Å². The fourth-order valence-electron chi connectivity index (χ4n) is 1.21. The maximum Gasteiger partial charge on any atom is 0.408 e. The van der Waals surface area contributed by atoms with Crippen molar-refractivity contribution in [2.24, 2.45) is 5.73 Å². The molecule has 144 valence electrons. The number of aryl methyl sites for hydroxylation is 2. The normalized spacial score (nSPS) is 17.8. The van der Waals surface area contributed by atoms with E-state index in [1.54, 1.807) is 20.8 Å². The van der Waals surface area contributed by atoms with Crippen molar-refractivity contribution in [2.45, 2.75) is 53.1 Å². The number of aromatic nitrogens is 4. The highest BCUT2D eigenvalue weighted by molar-refractivity contribution is 5.85. The summed E-state index contributed by atoms with van der Waals surface area (Å²) >= 11 is 0. The number of rotatable bonds is 3. The van der Waals surface area contributed by atoms with Gasteiger partial charge >= 0.3 is 6.09 Å². The molecule has 8 nitrogen and oxygen atoms in total. The predicted octanol–water partition coefficient (Wildman–Crippen LogP) is 2.48. The number of alkyl carbamates (subject to hydrolysis) is 1. The molecule has 2 aromatic rings. The van der Waals surface area contributed by atoms with Crippen LogP contribution < -0.4 is 11.1 Å². The lowest BCUT2D eigenvalue weighted by atomic mass is 10.2. The maximum absolute atomic E-state index is 11.6. The van der Waals surface area contributed by atoms with Crippen molar-refractivity contribution in [2.75, 3.05) is 0 Å². The Morgan fingerprint density at radius 3 is 1.96 bits per heavy atom. The van der Waals surface area contributed by atoms with Crippen molar-refractivity contribution in [1.82, 2.24) is 25.3 Å². The molecule has 0 aliphatic carbocycles.